The molecule has 0 aromatic carbocycles. The van der Waals surface area contributed by atoms with Crippen molar-refractivity contribution in [3.8, 4) is 0 Å². The van der Waals surface area contributed by atoms with Crippen LogP contribution in [0.15, 0.2) is 55.5 Å². The zero-order chi connectivity index (χ0) is 17.8. The van der Waals surface area contributed by atoms with E-state index in [2.05, 4.69) is 30.6 Å². The standard InChI is InChI=1S/C19H20N6O/c26-19(17-12-21-6-7-22-17)25-9-2-4-16(14-25)18-23-8-10-24(18)13-15-3-1-5-20-11-15/h1,3,5-8,10-12,16H,2,4,9,13-14H2. The molecule has 1 aliphatic rings. The van der Waals surface area contributed by atoms with Gasteiger partial charge in [0.1, 0.15) is 11.5 Å². The summed E-state index contributed by atoms with van der Waals surface area (Å²) in [6.07, 6.45) is 14.1. The van der Waals surface area contributed by atoms with E-state index in [4.69, 9.17) is 0 Å². The number of carbonyl (C=O) groups excluding carboxylic acids is 1. The summed E-state index contributed by atoms with van der Waals surface area (Å²) in [6, 6.07) is 4.00. The molecule has 132 valence electrons. The first kappa shape index (κ1) is 16.4. The quantitative estimate of drug-likeness (QED) is 0.722. The highest BCUT2D eigenvalue weighted by atomic mass is 16.2. The van der Waals surface area contributed by atoms with Gasteiger partial charge in [-0.2, -0.15) is 0 Å². The number of hydrogen-bond donors (Lipinski definition) is 0. The molecule has 1 amide bonds. The smallest absolute Gasteiger partial charge is 0.274 e. The number of hydrogen-bond acceptors (Lipinski definition) is 5. The largest absolute Gasteiger partial charge is 0.337 e. The van der Waals surface area contributed by atoms with Crippen LogP contribution in [-0.2, 0) is 6.54 Å². The highest BCUT2D eigenvalue weighted by molar-refractivity contribution is 5.92. The predicted molar refractivity (Wildman–Crippen MR) is 95.5 cm³/mol. The van der Waals surface area contributed by atoms with Crippen molar-refractivity contribution < 1.29 is 4.79 Å². The van der Waals surface area contributed by atoms with Crippen LogP contribution in [0.25, 0.3) is 0 Å². The molecule has 7 nitrogen and oxygen atoms in total. The van der Waals surface area contributed by atoms with Gasteiger partial charge in [-0.1, -0.05) is 6.07 Å². The molecular weight excluding hydrogens is 328 g/mol. The fraction of sp³-hybridized carbons (Fsp3) is 0.316. The predicted octanol–water partition coefficient (Wildman–Crippen LogP) is 2.14. The van der Waals surface area contributed by atoms with Gasteiger partial charge < -0.3 is 9.47 Å². The fourth-order valence-electron chi connectivity index (χ4n) is 3.45. The third kappa shape index (κ3) is 3.46. The van der Waals surface area contributed by atoms with Gasteiger partial charge in [-0.3, -0.25) is 14.8 Å². The molecule has 26 heavy (non-hydrogen) atoms. The van der Waals surface area contributed by atoms with Gasteiger partial charge in [0.05, 0.1) is 12.7 Å². The van der Waals surface area contributed by atoms with E-state index in [0.717, 1.165) is 37.3 Å². The Balaban J connectivity index is 1.50. The lowest BCUT2D eigenvalue weighted by molar-refractivity contribution is 0.0697. The van der Waals surface area contributed by atoms with E-state index in [1.165, 1.54) is 6.20 Å². The molecule has 0 saturated carbocycles. The molecule has 4 heterocycles. The number of pyridine rings is 1. The first-order valence-electron chi connectivity index (χ1n) is 8.76. The molecule has 0 N–H and O–H groups in total. The topological polar surface area (TPSA) is 76.8 Å². The van der Waals surface area contributed by atoms with Crippen molar-refractivity contribution in [1.82, 2.24) is 29.4 Å². The Hall–Kier alpha value is -3.09. The van der Waals surface area contributed by atoms with Crippen molar-refractivity contribution in [3.63, 3.8) is 0 Å². The Kier molecular flexibility index (Phi) is 4.68. The van der Waals surface area contributed by atoms with Crippen molar-refractivity contribution in [2.45, 2.75) is 25.3 Å². The average Bonchev–Trinajstić information content (AvgIpc) is 3.17. The highest BCUT2D eigenvalue weighted by Gasteiger charge is 2.28. The van der Waals surface area contributed by atoms with Crippen LogP contribution in [0.3, 0.4) is 0 Å². The van der Waals surface area contributed by atoms with Crippen LogP contribution >= 0.6 is 0 Å². The number of amides is 1. The summed E-state index contributed by atoms with van der Waals surface area (Å²) in [7, 11) is 0. The number of aromatic nitrogens is 5. The molecule has 3 aromatic rings. The third-order valence-electron chi connectivity index (χ3n) is 4.68. The van der Waals surface area contributed by atoms with Crippen LogP contribution in [0.4, 0.5) is 0 Å². The fourth-order valence-corrected chi connectivity index (χ4v) is 3.45. The minimum Gasteiger partial charge on any atom is -0.337 e. The second-order valence-electron chi connectivity index (χ2n) is 6.46. The molecule has 0 bridgehead atoms. The lowest BCUT2D eigenvalue weighted by Gasteiger charge is -2.32. The lowest BCUT2D eigenvalue weighted by Crippen LogP contribution is -2.40. The van der Waals surface area contributed by atoms with Gasteiger partial charge in [0.25, 0.3) is 5.91 Å². The number of piperidine rings is 1. The number of carbonyl (C=O) groups is 1. The van der Waals surface area contributed by atoms with Gasteiger partial charge in [0.15, 0.2) is 0 Å². The molecule has 1 unspecified atom stereocenters. The first-order chi connectivity index (χ1) is 12.8. The van der Waals surface area contributed by atoms with Crippen molar-refractivity contribution in [2.24, 2.45) is 0 Å². The molecule has 1 aliphatic heterocycles. The highest BCUT2D eigenvalue weighted by Crippen LogP contribution is 2.27. The molecular formula is C19H20N6O. The third-order valence-corrected chi connectivity index (χ3v) is 4.68. The summed E-state index contributed by atoms with van der Waals surface area (Å²) in [6.45, 7) is 2.13. The van der Waals surface area contributed by atoms with Gasteiger partial charge in [0.2, 0.25) is 0 Å². The van der Waals surface area contributed by atoms with E-state index in [9.17, 15) is 4.79 Å². The van der Waals surface area contributed by atoms with Gasteiger partial charge in [0, 0.05) is 56.2 Å². The van der Waals surface area contributed by atoms with Crippen molar-refractivity contribution in [2.75, 3.05) is 13.1 Å². The van der Waals surface area contributed by atoms with Crippen molar-refractivity contribution in [3.05, 3.63) is 72.6 Å². The Bertz CT molecular complexity index is 864. The molecule has 0 spiro atoms. The van der Waals surface area contributed by atoms with Crippen LogP contribution in [0.2, 0.25) is 0 Å². The zero-order valence-corrected chi connectivity index (χ0v) is 14.4. The SMILES string of the molecule is O=C(c1cnccn1)N1CCCC(c2nccn2Cc2cccnc2)C1. The minimum absolute atomic E-state index is 0.0619. The van der Waals surface area contributed by atoms with E-state index in [1.807, 2.05) is 29.6 Å². The monoisotopic (exact) mass is 348 g/mol. The van der Waals surface area contributed by atoms with Gasteiger partial charge in [-0.05, 0) is 24.5 Å². The normalized spacial score (nSPS) is 17.2. The summed E-state index contributed by atoms with van der Waals surface area (Å²) in [5.41, 5.74) is 1.53. The summed E-state index contributed by atoms with van der Waals surface area (Å²) in [5.74, 6) is 1.18. The number of nitrogens with zero attached hydrogens (tertiary/aromatic N) is 6. The maximum atomic E-state index is 12.7. The van der Waals surface area contributed by atoms with Crippen LogP contribution < -0.4 is 0 Å². The van der Waals surface area contributed by atoms with Crippen LogP contribution in [0, 0.1) is 0 Å². The molecule has 1 saturated heterocycles. The van der Waals surface area contributed by atoms with Crippen molar-refractivity contribution >= 4 is 5.91 Å². The number of likely N-dealkylation sites (tertiary alicyclic amines) is 1. The Morgan fingerprint density at radius 3 is 2.85 bits per heavy atom. The summed E-state index contributed by atoms with van der Waals surface area (Å²) in [5, 5.41) is 0. The molecule has 0 radical (unpaired) electrons. The van der Waals surface area contributed by atoms with Gasteiger partial charge in [-0.25, -0.2) is 9.97 Å². The molecule has 3 aromatic heterocycles. The molecule has 0 aliphatic carbocycles. The van der Waals surface area contributed by atoms with E-state index >= 15 is 0 Å². The second-order valence-corrected chi connectivity index (χ2v) is 6.46. The second kappa shape index (κ2) is 7.43. The summed E-state index contributed by atoms with van der Waals surface area (Å²) in [4.78, 5) is 31.4. The minimum atomic E-state index is -0.0619. The molecule has 1 atom stereocenters. The number of imidazole rings is 1. The molecule has 1 fully saturated rings. The molecule has 4 rings (SSSR count). The van der Waals surface area contributed by atoms with Crippen LogP contribution in [0.5, 0.6) is 0 Å². The van der Waals surface area contributed by atoms with Crippen LogP contribution in [0.1, 0.15) is 40.6 Å². The van der Waals surface area contributed by atoms with Gasteiger partial charge >= 0.3 is 0 Å². The summed E-state index contributed by atoms with van der Waals surface area (Å²) < 4.78 is 2.15. The Morgan fingerprint density at radius 1 is 1.12 bits per heavy atom. The maximum Gasteiger partial charge on any atom is 0.274 e. The molecule has 7 heteroatoms. The summed E-state index contributed by atoms with van der Waals surface area (Å²) >= 11 is 0. The Labute approximate surface area is 151 Å². The van der Waals surface area contributed by atoms with E-state index in [1.54, 1.807) is 18.6 Å². The average molecular weight is 348 g/mol. The van der Waals surface area contributed by atoms with Crippen molar-refractivity contribution in [1.29, 1.82) is 0 Å². The van der Waals surface area contributed by atoms with Gasteiger partial charge in [-0.15, -0.1) is 0 Å². The Morgan fingerprint density at radius 2 is 2.04 bits per heavy atom. The first-order valence-corrected chi connectivity index (χ1v) is 8.76. The van der Waals surface area contributed by atoms with E-state index in [0.29, 0.717) is 12.2 Å². The van der Waals surface area contributed by atoms with E-state index in [-0.39, 0.29) is 11.8 Å². The zero-order valence-electron chi connectivity index (χ0n) is 14.4. The van der Waals surface area contributed by atoms with E-state index < -0.39 is 0 Å². The number of rotatable bonds is 4. The maximum absolute atomic E-state index is 12.7. The van der Waals surface area contributed by atoms with Crippen LogP contribution in [-0.4, -0.2) is 48.4 Å². The lowest BCUT2D eigenvalue weighted by atomic mass is 9.96.